The second-order valence-electron chi connectivity index (χ2n) is 14.4. The Morgan fingerprint density at radius 2 is 0.981 bits per heavy atom. The van der Waals surface area contributed by atoms with E-state index in [0.29, 0.717) is 0 Å². The van der Waals surface area contributed by atoms with Crippen molar-refractivity contribution >= 4 is 103 Å². The summed E-state index contributed by atoms with van der Waals surface area (Å²) in [7, 11) is 0. The molecule has 0 saturated carbocycles. The number of rotatable bonds is 2. The van der Waals surface area contributed by atoms with E-state index in [2.05, 4.69) is 167 Å². The third kappa shape index (κ3) is 3.44. The average molecular weight is 673 g/mol. The van der Waals surface area contributed by atoms with Crippen molar-refractivity contribution in [2.75, 3.05) is 0 Å². The fraction of sp³-hybridized carbons (Fsp3) is 0. The summed E-state index contributed by atoms with van der Waals surface area (Å²) in [4.78, 5) is 0. The van der Waals surface area contributed by atoms with E-state index in [1.165, 1.54) is 92.6 Å². The van der Waals surface area contributed by atoms with Crippen molar-refractivity contribution in [3.63, 3.8) is 0 Å². The average Bonchev–Trinajstić information content (AvgIpc) is 3.97. The van der Waals surface area contributed by atoms with Crippen LogP contribution in [0.3, 0.4) is 0 Å². The van der Waals surface area contributed by atoms with Crippen LogP contribution >= 0.6 is 0 Å². The molecule has 13 rings (SSSR count). The molecule has 0 aliphatic heterocycles. The number of hydrogen-bond acceptors (Lipinski definition) is 1. The topological polar surface area (TPSA) is 22.5 Å². The van der Waals surface area contributed by atoms with Crippen molar-refractivity contribution in [3.8, 4) is 16.8 Å². The van der Waals surface area contributed by atoms with Crippen LogP contribution in [0.5, 0.6) is 0 Å². The van der Waals surface area contributed by atoms with Gasteiger partial charge in [-0.15, -0.1) is 0 Å². The van der Waals surface area contributed by atoms with Crippen molar-refractivity contribution in [1.29, 1.82) is 0 Å². The quantitative estimate of drug-likeness (QED) is 0.179. The second kappa shape index (κ2) is 9.81. The largest absolute Gasteiger partial charge is 0.456 e. The summed E-state index contributed by atoms with van der Waals surface area (Å²) in [6.45, 7) is 0. The van der Waals surface area contributed by atoms with Gasteiger partial charge in [0.25, 0.3) is 0 Å². The maximum absolute atomic E-state index is 6.15. The van der Waals surface area contributed by atoms with Crippen LogP contribution in [0, 0.1) is 0 Å². The summed E-state index contributed by atoms with van der Waals surface area (Å²) in [5.74, 6) is 0. The Hall–Kier alpha value is -7.10. The third-order valence-electron chi connectivity index (χ3n) is 11.8. The molecule has 0 fully saturated rings. The molecule has 4 heterocycles. The summed E-state index contributed by atoms with van der Waals surface area (Å²) in [6, 6.07) is 62.2. The molecule has 0 spiro atoms. The molecule has 4 aromatic heterocycles. The first-order valence-corrected chi connectivity index (χ1v) is 18.3. The first-order chi connectivity index (χ1) is 26.3. The van der Waals surface area contributed by atoms with Gasteiger partial charge in [-0.1, -0.05) is 133 Å². The molecule has 0 N–H and O–H groups in total. The van der Waals surface area contributed by atoms with Crippen molar-refractivity contribution in [2.45, 2.75) is 0 Å². The zero-order valence-electron chi connectivity index (χ0n) is 28.5. The predicted octanol–water partition coefficient (Wildman–Crippen LogP) is 13.8. The van der Waals surface area contributed by atoms with Gasteiger partial charge in [0.05, 0.1) is 27.6 Å². The minimum Gasteiger partial charge on any atom is -0.456 e. The number of para-hydroxylation sites is 3. The molecule has 0 aliphatic carbocycles. The maximum Gasteiger partial charge on any atom is 0.135 e. The van der Waals surface area contributed by atoms with Crippen LogP contribution in [0.25, 0.3) is 120 Å². The van der Waals surface area contributed by atoms with Gasteiger partial charge in [0, 0.05) is 59.5 Å². The lowest BCUT2D eigenvalue weighted by atomic mass is 9.98. The Morgan fingerprint density at radius 3 is 1.87 bits per heavy atom. The van der Waals surface area contributed by atoms with Gasteiger partial charge in [-0.2, -0.15) is 0 Å². The van der Waals surface area contributed by atoms with Gasteiger partial charge in [-0.05, 0) is 58.3 Å². The molecule has 0 aliphatic rings. The van der Waals surface area contributed by atoms with Crippen molar-refractivity contribution < 1.29 is 4.42 Å². The maximum atomic E-state index is 6.15. The molecule has 3 heteroatoms. The fourth-order valence-electron chi connectivity index (χ4n) is 9.62. The standard InChI is InChI=1S/C50H28N2O/c1-2-11-33-30(10-1)22-26-40-45-36-14-3-4-15-38(36)49-46(39-17-9-16-37-34-12-5-7-18-42(34)52(49)48(37)39)50(45)51(47(33)40)32-24-20-29(21-25-32)31-23-27-44-41(28-31)35-13-6-8-19-43(35)53-44/h1-28H. The molecule has 0 saturated heterocycles. The second-order valence-corrected chi connectivity index (χ2v) is 14.4. The summed E-state index contributed by atoms with van der Waals surface area (Å²) < 4.78 is 11.2. The van der Waals surface area contributed by atoms with Crippen molar-refractivity contribution in [1.82, 2.24) is 8.97 Å². The van der Waals surface area contributed by atoms with E-state index in [1.807, 2.05) is 12.1 Å². The Morgan fingerprint density at radius 1 is 0.340 bits per heavy atom. The zero-order chi connectivity index (χ0) is 34.4. The molecular formula is C50H28N2O. The van der Waals surface area contributed by atoms with Crippen molar-refractivity contribution in [3.05, 3.63) is 170 Å². The highest BCUT2D eigenvalue weighted by Crippen LogP contribution is 2.49. The first-order valence-electron chi connectivity index (χ1n) is 18.3. The molecule has 0 amide bonds. The van der Waals surface area contributed by atoms with E-state index in [0.717, 1.165) is 27.6 Å². The van der Waals surface area contributed by atoms with Crippen LogP contribution < -0.4 is 0 Å². The molecule has 244 valence electrons. The summed E-state index contributed by atoms with van der Waals surface area (Å²) >= 11 is 0. The Kier molecular flexibility index (Phi) is 5.11. The monoisotopic (exact) mass is 672 g/mol. The third-order valence-corrected chi connectivity index (χ3v) is 11.8. The van der Waals surface area contributed by atoms with Crippen LogP contribution in [0.2, 0.25) is 0 Å². The number of furan rings is 1. The van der Waals surface area contributed by atoms with Gasteiger partial charge in [-0.3, -0.25) is 0 Å². The molecule has 0 bridgehead atoms. The summed E-state index contributed by atoms with van der Waals surface area (Å²) in [5, 5.41) is 15.1. The summed E-state index contributed by atoms with van der Waals surface area (Å²) in [6.07, 6.45) is 0. The fourth-order valence-corrected chi connectivity index (χ4v) is 9.62. The van der Waals surface area contributed by atoms with Gasteiger partial charge in [0.15, 0.2) is 0 Å². The minimum atomic E-state index is 0.915. The van der Waals surface area contributed by atoms with Crippen LogP contribution in [-0.4, -0.2) is 8.97 Å². The van der Waals surface area contributed by atoms with Crippen LogP contribution in [0.4, 0.5) is 0 Å². The molecule has 0 atom stereocenters. The summed E-state index contributed by atoms with van der Waals surface area (Å²) in [5.41, 5.74) is 11.6. The molecule has 3 nitrogen and oxygen atoms in total. The van der Waals surface area contributed by atoms with Crippen LogP contribution in [-0.2, 0) is 0 Å². The highest BCUT2D eigenvalue weighted by atomic mass is 16.3. The van der Waals surface area contributed by atoms with Gasteiger partial charge in [0.2, 0.25) is 0 Å². The predicted molar refractivity (Wildman–Crippen MR) is 223 cm³/mol. The number of benzene rings is 9. The van der Waals surface area contributed by atoms with E-state index in [4.69, 9.17) is 4.42 Å². The van der Waals surface area contributed by atoms with Crippen molar-refractivity contribution in [2.24, 2.45) is 0 Å². The lowest BCUT2D eigenvalue weighted by molar-refractivity contribution is 0.669. The van der Waals surface area contributed by atoms with Gasteiger partial charge < -0.3 is 13.4 Å². The molecule has 13 aromatic rings. The highest BCUT2D eigenvalue weighted by molar-refractivity contribution is 6.40. The van der Waals surface area contributed by atoms with E-state index < -0.39 is 0 Å². The van der Waals surface area contributed by atoms with E-state index in [9.17, 15) is 0 Å². The zero-order valence-corrected chi connectivity index (χ0v) is 28.5. The molecule has 53 heavy (non-hydrogen) atoms. The van der Waals surface area contributed by atoms with Gasteiger partial charge in [0.1, 0.15) is 11.2 Å². The Bertz CT molecular complexity index is 3670. The molecule has 9 aromatic carbocycles. The Labute approximate surface area is 302 Å². The SMILES string of the molecule is c1ccc2c(c1)ccc1c3c4ccccc4c4c(c5cccc6c7ccccc7n4c65)c3n(-c3ccc(-c4ccc5oc6ccccc6c5c4)cc3)c21. The van der Waals surface area contributed by atoms with Gasteiger partial charge in [-0.25, -0.2) is 0 Å². The molecular weight excluding hydrogens is 645 g/mol. The van der Waals surface area contributed by atoms with E-state index >= 15 is 0 Å². The molecule has 0 radical (unpaired) electrons. The number of nitrogens with zero attached hydrogens (tertiary/aromatic N) is 2. The van der Waals surface area contributed by atoms with Gasteiger partial charge >= 0.3 is 0 Å². The lowest BCUT2D eigenvalue weighted by Crippen LogP contribution is -1.96. The normalized spacial score (nSPS) is 12.5. The molecule has 0 unspecified atom stereocenters. The number of fused-ring (bicyclic) bond motifs is 18. The number of aromatic nitrogens is 2. The number of hydrogen-bond donors (Lipinski definition) is 0. The van der Waals surface area contributed by atoms with E-state index in [-0.39, 0.29) is 0 Å². The lowest BCUT2D eigenvalue weighted by Gasteiger charge is -2.13. The smallest absolute Gasteiger partial charge is 0.135 e. The Balaban J connectivity index is 1.19. The minimum absolute atomic E-state index is 0.915. The van der Waals surface area contributed by atoms with Crippen LogP contribution in [0.15, 0.2) is 174 Å². The first kappa shape index (κ1) is 27.6. The van der Waals surface area contributed by atoms with Crippen LogP contribution in [0.1, 0.15) is 0 Å². The van der Waals surface area contributed by atoms with E-state index in [1.54, 1.807) is 0 Å². The highest BCUT2D eigenvalue weighted by Gasteiger charge is 2.26.